The molecule has 20 heavy (non-hydrogen) atoms. The summed E-state index contributed by atoms with van der Waals surface area (Å²) in [5, 5.41) is 3.38. The highest BCUT2D eigenvalue weighted by Crippen LogP contribution is 2.25. The van der Waals surface area contributed by atoms with E-state index < -0.39 is 0 Å². The average Bonchev–Trinajstić information content (AvgIpc) is 2.46. The number of hydrogen-bond donors (Lipinski definition) is 1. The van der Waals surface area contributed by atoms with Crippen LogP contribution >= 0.6 is 0 Å². The average molecular weight is 277 g/mol. The van der Waals surface area contributed by atoms with E-state index in [1.54, 1.807) is 6.33 Å². The third-order valence-corrected chi connectivity index (χ3v) is 4.09. The van der Waals surface area contributed by atoms with E-state index in [1.807, 2.05) is 0 Å². The third-order valence-electron chi connectivity index (χ3n) is 4.09. The van der Waals surface area contributed by atoms with Crippen molar-refractivity contribution in [2.45, 2.75) is 39.2 Å². The summed E-state index contributed by atoms with van der Waals surface area (Å²) in [4.78, 5) is 13.6. The maximum Gasteiger partial charge on any atom is 0.137 e. The molecule has 2 rings (SSSR count). The molecule has 2 heterocycles. The van der Waals surface area contributed by atoms with E-state index in [2.05, 4.69) is 53.0 Å². The van der Waals surface area contributed by atoms with Gasteiger partial charge in [-0.1, -0.05) is 6.92 Å². The first-order chi connectivity index (χ1) is 9.63. The summed E-state index contributed by atoms with van der Waals surface area (Å²) in [7, 11) is 4.34. The van der Waals surface area contributed by atoms with E-state index in [9.17, 15) is 0 Å². The summed E-state index contributed by atoms with van der Waals surface area (Å²) in [6, 6.07) is 0.700. The van der Waals surface area contributed by atoms with Crippen LogP contribution in [0.15, 0.2) is 6.33 Å². The van der Waals surface area contributed by atoms with Gasteiger partial charge in [0.25, 0.3) is 0 Å². The molecular formula is C15H27N5. The fourth-order valence-corrected chi connectivity index (χ4v) is 2.78. The second kappa shape index (κ2) is 6.88. The summed E-state index contributed by atoms with van der Waals surface area (Å²) in [6.07, 6.45) is 5.19. The molecule has 5 heteroatoms. The lowest BCUT2D eigenvalue weighted by Crippen LogP contribution is -2.42. The van der Waals surface area contributed by atoms with Crippen molar-refractivity contribution in [1.29, 1.82) is 0 Å². The van der Waals surface area contributed by atoms with Crippen molar-refractivity contribution in [1.82, 2.24) is 14.9 Å². The van der Waals surface area contributed by atoms with Gasteiger partial charge in [-0.25, -0.2) is 9.97 Å². The van der Waals surface area contributed by atoms with Gasteiger partial charge in [0.1, 0.15) is 18.0 Å². The van der Waals surface area contributed by atoms with Crippen LogP contribution in [0.25, 0.3) is 0 Å². The first kappa shape index (κ1) is 15.0. The van der Waals surface area contributed by atoms with Crippen molar-refractivity contribution in [3.63, 3.8) is 0 Å². The van der Waals surface area contributed by atoms with Crippen LogP contribution in [0.2, 0.25) is 0 Å². The Hall–Kier alpha value is -1.36. The summed E-state index contributed by atoms with van der Waals surface area (Å²) >= 11 is 0. The van der Waals surface area contributed by atoms with Crippen LogP contribution in [0.4, 0.5) is 11.6 Å². The van der Waals surface area contributed by atoms with Gasteiger partial charge in [-0.2, -0.15) is 0 Å². The Kier molecular flexibility index (Phi) is 5.17. The van der Waals surface area contributed by atoms with Crippen LogP contribution in [0.3, 0.4) is 0 Å². The normalized spacial score (nSPS) is 16.8. The molecule has 1 saturated heterocycles. The van der Waals surface area contributed by atoms with E-state index in [-0.39, 0.29) is 0 Å². The van der Waals surface area contributed by atoms with Gasteiger partial charge in [0, 0.05) is 31.2 Å². The van der Waals surface area contributed by atoms with Gasteiger partial charge >= 0.3 is 0 Å². The van der Waals surface area contributed by atoms with E-state index in [0.29, 0.717) is 6.04 Å². The van der Waals surface area contributed by atoms with Gasteiger partial charge in [-0.05, 0) is 40.3 Å². The molecule has 0 aromatic carbocycles. The van der Waals surface area contributed by atoms with Crippen molar-refractivity contribution in [2.24, 2.45) is 0 Å². The molecule has 0 saturated carbocycles. The SMILES string of the molecule is CCCNc1ncnc(N2CCC(N(C)C)CC2)c1C. The van der Waals surface area contributed by atoms with E-state index in [4.69, 9.17) is 0 Å². The molecule has 1 aliphatic rings. The lowest BCUT2D eigenvalue weighted by atomic mass is 10.0. The standard InChI is InChI=1S/C15H27N5/c1-5-8-16-14-12(2)15(18-11-17-14)20-9-6-13(7-10-20)19(3)4/h11,13H,5-10H2,1-4H3,(H,16,17,18). The van der Waals surface area contributed by atoms with E-state index >= 15 is 0 Å². The Morgan fingerprint density at radius 3 is 2.60 bits per heavy atom. The Labute approximate surface area is 122 Å². The molecule has 1 aromatic heterocycles. The van der Waals surface area contributed by atoms with Crippen LogP contribution in [0.5, 0.6) is 0 Å². The Bertz CT molecular complexity index is 424. The maximum absolute atomic E-state index is 4.50. The van der Waals surface area contributed by atoms with Gasteiger partial charge in [0.2, 0.25) is 0 Å². The molecule has 0 amide bonds. The number of anilines is 2. The molecule has 1 fully saturated rings. The fourth-order valence-electron chi connectivity index (χ4n) is 2.78. The van der Waals surface area contributed by atoms with Gasteiger partial charge in [-0.15, -0.1) is 0 Å². The lowest BCUT2D eigenvalue weighted by Gasteiger charge is -2.36. The minimum atomic E-state index is 0.700. The molecule has 0 radical (unpaired) electrons. The second-order valence-electron chi connectivity index (χ2n) is 5.78. The molecule has 1 N–H and O–H groups in total. The third kappa shape index (κ3) is 3.39. The second-order valence-corrected chi connectivity index (χ2v) is 5.78. The van der Waals surface area contributed by atoms with Gasteiger partial charge < -0.3 is 15.1 Å². The number of aromatic nitrogens is 2. The maximum atomic E-state index is 4.50. The molecule has 0 atom stereocenters. The predicted octanol–water partition coefficient (Wildman–Crippen LogP) is 2.14. The molecule has 0 unspecified atom stereocenters. The van der Waals surface area contributed by atoms with Crippen LogP contribution in [-0.2, 0) is 0 Å². The Balaban J connectivity index is 2.06. The zero-order valence-corrected chi connectivity index (χ0v) is 13.2. The minimum absolute atomic E-state index is 0.700. The number of piperidine rings is 1. The van der Waals surface area contributed by atoms with Gasteiger partial charge in [0.15, 0.2) is 0 Å². The van der Waals surface area contributed by atoms with Crippen LogP contribution in [-0.4, -0.2) is 54.6 Å². The zero-order valence-electron chi connectivity index (χ0n) is 13.2. The number of nitrogens with one attached hydrogen (secondary N) is 1. The van der Waals surface area contributed by atoms with Crippen molar-refractivity contribution in [3.8, 4) is 0 Å². The van der Waals surface area contributed by atoms with E-state index in [1.165, 1.54) is 18.4 Å². The van der Waals surface area contributed by atoms with Crippen LogP contribution < -0.4 is 10.2 Å². The van der Waals surface area contributed by atoms with Crippen LogP contribution in [0.1, 0.15) is 31.7 Å². The van der Waals surface area contributed by atoms with Gasteiger partial charge in [0.05, 0.1) is 0 Å². The summed E-state index contributed by atoms with van der Waals surface area (Å²) in [6.45, 7) is 7.39. The van der Waals surface area contributed by atoms with Crippen molar-refractivity contribution in [2.75, 3.05) is 43.9 Å². The summed E-state index contributed by atoms with van der Waals surface area (Å²) in [5.74, 6) is 2.07. The molecule has 112 valence electrons. The van der Waals surface area contributed by atoms with Crippen LogP contribution in [0, 0.1) is 6.92 Å². The molecule has 0 spiro atoms. The summed E-state index contributed by atoms with van der Waals surface area (Å²) in [5.41, 5.74) is 1.17. The first-order valence-electron chi connectivity index (χ1n) is 7.60. The van der Waals surface area contributed by atoms with Crippen molar-refractivity contribution >= 4 is 11.6 Å². The molecule has 0 aliphatic carbocycles. The highest BCUT2D eigenvalue weighted by Gasteiger charge is 2.23. The first-order valence-corrected chi connectivity index (χ1v) is 7.60. The zero-order chi connectivity index (χ0) is 14.5. The Morgan fingerprint density at radius 2 is 2.00 bits per heavy atom. The molecular weight excluding hydrogens is 250 g/mol. The summed E-state index contributed by atoms with van der Waals surface area (Å²) < 4.78 is 0. The van der Waals surface area contributed by atoms with Crippen molar-refractivity contribution < 1.29 is 0 Å². The topological polar surface area (TPSA) is 44.3 Å². The molecule has 1 aliphatic heterocycles. The number of hydrogen-bond acceptors (Lipinski definition) is 5. The molecule has 5 nitrogen and oxygen atoms in total. The van der Waals surface area contributed by atoms with Gasteiger partial charge in [-0.3, -0.25) is 0 Å². The lowest BCUT2D eigenvalue weighted by molar-refractivity contribution is 0.249. The number of rotatable bonds is 5. The molecule has 0 bridgehead atoms. The minimum Gasteiger partial charge on any atom is -0.370 e. The monoisotopic (exact) mass is 277 g/mol. The van der Waals surface area contributed by atoms with Crippen molar-refractivity contribution in [3.05, 3.63) is 11.9 Å². The Morgan fingerprint density at radius 1 is 1.30 bits per heavy atom. The highest BCUT2D eigenvalue weighted by molar-refractivity contribution is 5.58. The number of nitrogens with zero attached hydrogens (tertiary/aromatic N) is 4. The van der Waals surface area contributed by atoms with E-state index in [0.717, 1.165) is 37.7 Å². The smallest absolute Gasteiger partial charge is 0.137 e. The molecule has 1 aromatic rings. The fraction of sp³-hybridized carbons (Fsp3) is 0.733. The largest absolute Gasteiger partial charge is 0.370 e. The highest BCUT2D eigenvalue weighted by atomic mass is 15.2. The predicted molar refractivity (Wildman–Crippen MR) is 84.5 cm³/mol. The quantitative estimate of drug-likeness (QED) is 0.893.